The van der Waals surface area contributed by atoms with Gasteiger partial charge in [-0.2, -0.15) is 0 Å². The molecule has 0 aromatic rings. The largest absolute Gasteiger partial charge is 0.0883 e. The lowest BCUT2D eigenvalue weighted by atomic mass is 10.6. The first-order valence-corrected chi connectivity index (χ1v) is 3.85. The second-order valence-electron chi connectivity index (χ2n) is 0.945. The number of hydrogen-bond acceptors (Lipinski definition) is 0. The monoisotopic (exact) mass is 260 g/mol. The maximum Gasteiger partial charge on any atom is 0.0222 e. The smallest absolute Gasteiger partial charge is 0.0222 e. The lowest BCUT2D eigenvalue weighted by Crippen LogP contribution is -1.57. The zero-order valence-electron chi connectivity index (χ0n) is 3.54. The summed E-state index contributed by atoms with van der Waals surface area (Å²) in [4.78, 5) is 0. The summed E-state index contributed by atoms with van der Waals surface area (Å²) in [6.45, 7) is 2.07. The van der Waals surface area contributed by atoms with E-state index in [1.165, 1.54) is 3.58 Å². The molecule has 0 aromatic heterocycles. The van der Waals surface area contributed by atoms with E-state index < -0.39 is 0 Å². The molecule has 0 aliphatic carbocycles. The molecule has 0 unspecified atom stereocenters. The SMILES string of the molecule is C/C(I)=C\CBr. The molecule has 0 aliphatic rings. The molecule has 0 nitrogen and oxygen atoms in total. The average molecular weight is 261 g/mol. The van der Waals surface area contributed by atoms with Crippen molar-refractivity contribution in [3.05, 3.63) is 9.66 Å². The van der Waals surface area contributed by atoms with E-state index in [4.69, 9.17) is 0 Å². The second-order valence-corrected chi connectivity index (χ2v) is 3.29. The molecular formula is C4H6BrI. The van der Waals surface area contributed by atoms with Gasteiger partial charge in [-0.3, -0.25) is 0 Å². The van der Waals surface area contributed by atoms with Crippen LogP contribution in [0.25, 0.3) is 0 Å². The molecule has 0 fully saturated rings. The summed E-state index contributed by atoms with van der Waals surface area (Å²) in [7, 11) is 0. The van der Waals surface area contributed by atoms with Crippen LogP contribution in [0, 0.1) is 0 Å². The Balaban J connectivity index is 3.14. The van der Waals surface area contributed by atoms with Gasteiger partial charge in [0.1, 0.15) is 0 Å². The molecule has 0 spiro atoms. The van der Waals surface area contributed by atoms with Crippen LogP contribution < -0.4 is 0 Å². The van der Waals surface area contributed by atoms with Crippen molar-refractivity contribution in [3.63, 3.8) is 0 Å². The lowest BCUT2D eigenvalue weighted by molar-refractivity contribution is 1.65. The van der Waals surface area contributed by atoms with Crippen LogP contribution in [0.4, 0.5) is 0 Å². The number of rotatable bonds is 1. The number of hydrogen-bond donors (Lipinski definition) is 0. The van der Waals surface area contributed by atoms with Gasteiger partial charge < -0.3 is 0 Å². The maximum absolute atomic E-state index is 3.27. The molecule has 0 radical (unpaired) electrons. The van der Waals surface area contributed by atoms with Crippen molar-refractivity contribution in [1.29, 1.82) is 0 Å². The molecule has 36 valence electrons. The van der Waals surface area contributed by atoms with Crippen molar-refractivity contribution in [3.8, 4) is 0 Å². The van der Waals surface area contributed by atoms with E-state index in [1.54, 1.807) is 0 Å². The van der Waals surface area contributed by atoms with E-state index >= 15 is 0 Å². The van der Waals surface area contributed by atoms with Gasteiger partial charge in [0.25, 0.3) is 0 Å². The van der Waals surface area contributed by atoms with Crippen molar-refractivity contribution in [2.24, 2.45) is 0 Å². The molecule has 2 heteroatoms. The summed E-state index contributed by atoms with van der Waals surface area (Å²) in [5.74, 6) is 0. The van der Waals surface area contributed by atoms with Crippen molar-refractivity contribution in [2.45, 2.75) is 6.92 Å². The molecule has 0 rings (SSSR count). The third-order valence-electron chi connectivity index (χ3n) is 0.358. The first-order valence-electron chi connectivity index (χ1n) is 1.65. The fraction of sp³-hybridized carbons (Fsp3) is 0.500. The minimum atomic E-state index is 0.974. The molecule has 0 aliphatic heterocycles. The highest BCUT2D eigenvalue weighted by molar-refractivity contribution is 14.1. The van der Waals surface area contributed by atoms with Crippen LogP contribution in [0.15, 0.2) is 9.66 Å². The van der Waals surface area contributed by atoms with Crippen molar-refractivity contribution < 1.29 is 0 Å². The van der Waals surface area contributed by atoms with Crippen molar-refractivity contribution in [1.82, 2.24) is 0 Å². The fourth-order valence-corrected chi connectivity index (χ4v) is 1.42. The van der Waals surface area contributed by atoms with Crippen LogP contribution in [0.3, 0.4) is 0 Å². The highest BCUT2D eigenvalue weighted by Gasteiger charge is 1.70. The minimum Gasteiger partial charge on any atom is -0.0883 e. The molecule has 0 amide bonds. The van der Waals surface area contributed by atoms with E-state index in [0.29, 0.717) is 0 Å². The Labute approximate surface area is 60.3 Å². The first kappa shape index (κ1) is 6.95. The fourth-order valence-electron chi connectivity index (χ4n) is 0.106. The number of allylic oxidation sites excluding steroid dienone is 2. The lowest BCUT2D eigenvalue weighted by Gasteiger charge is -1.76. The summed E-state index contributed by atoms with van der Waals surface area (Å²) in [5.41, 5.74) is 0. The van der Waals surface area contributed by atoms with Gasteiger partial charge in [0.05, 0.1) is 0 Å². The third-order valence-corrected chi connectivity index (χ3v) is 1.12. The molecule has 0 bridgehead atoms. The Morgan fingerprint density at radius 2 is 2.50 bits per heavy atom. The van der Waals surface area contributed by atoms with Gasteiger partial charge in [-0.1, -0.05) is 22.0 Å². The van der Waals surface area contributed by atoms with E-state index in [2.05, 4.69) is 51.5 Å². The molecule has 0 atom stereocenters. The zero-order valence-corrected chi connectivity index (χ0v) is 7.28. The van der Waals surface area contributed by atoms with Gasteiger partial charge in [-0.05, 0) is 33.1 Å². The van der Waals surface area contributed by atoms with Gasteiger partial charge in [-0.15, -0.1) is 0 Å². The van der Waals surface area contributed by atoms with Gasteiger partial charge in [0, 0.05) is 5.33 Å². The average Bonchev–Trinajstić information content (AvgIpc) is 1.35. The summed E-state index contributed by atoms with van der Waals surface area (Å²) in [5, 5.41) is 0.974. The molecular weight excluding hydrogens is 255 g/mol. The van der Waals surface area contributed by atoms with Crippen LogP contribution in [0.1, 0.15) is 6.92 Å². The highest BCUT2D eigenvalue weighted by Crippen LogP contribution is 2.02. The second kappa shape index (κ2) is 4.12. The van der Waals surface area contributed by atoms with Gasteiger partial charge in [0.2, 0.25) is 0 Å². The van der Waals surface area contributed by atoms with Crippen molar-refractivity contribution in [2.75, 3.05) is 5.33 Å². The predicted molar refractivity (Wildman–Crippen MR) is 41.6 cm³/mol. The Kier molecular flexibility index (Phi) is 4.77. The van der Waals surface area contributed by atoms with Gasteiger partial charge >= 0.3 is 0 Å². The first-order chi connectivity index (χ1) is 2.77. The molecule has 0 heterocycles. The van der Waals surface area contributed by atoms with Gasteiger partial charge in [0.15, 0.2) is 0 Å². The van der Waals surface area contributed by atoms with E-state index in [9.17, 15) is 0 Å². The van der Waals surface area contributed by atoms with E-state index in [1.807, 2.05) is 0 Å². The summed E-state index contributed by atoms with van der Waals surface area (Å²) in [6, 6.07) is 0. The molecule has 0 saturated heterocycles. The van der Waals surface area contributed by atoms with Crippen LogP contribution >= 0.6 is 38.5 Å². The number of alkyl halides is 1. The molecule has 0 aromatic carbocycles. The Bertz CT molecular complexity index is 54.6. The topological polar surface area (TPSA) is 0 Å². The van der Waals surface area contributed by atoms with E-state index in [0.717, 1.165) is 5.33 Å². The maximum atomic E-state index is 3.27. The van der Waals surface area contributed by atoms with Crippen LogP contribution in [-0.2, 0) is 0 Å². The zero-order chi connectivity index (χ0) is 4.99. The van der Waals surface area contributed by atoms with Crippen molar-refractivity contribution >= 4 is 38.5 Å². The van der Waals surface area contributed by atoms with Crippen LogP contribution in [0.5, 0.6) is 0 Å². The summed E-state index contributed by atoms with van der Waals surface area (Å²) >= 11 is 5.54. The van der Waals surface area contributed by atoms with Crippen LogP contribution in [0.2, 0.25) is 0 Å². The molecule has 0 N–H and O–H groups in total. The minimum absolute atomic E-state index is 0.974. The Morgan fingerprint density at radius 3 is 2.50 bits per heavy atom. The summed E-state index contributed by atoms with van der Waals surface area (Å²) < 4.78 is 1.34. The van der Waals surface area contributed by atoms with Crippen LogP contribution in [-0.4, -0.2) is 5.33 Å². The quantitative estimate of drug-likeness (QED) is 0.502. The molecule has 0 saturated carbocycles. The highest BCUT2D eigenvalue weighted by atomic mass is 127. The molecule has 6 heavy (non-hydrogen) atoms. The Hall–Kier alpha value is 0.950. The number of halogens is 2. The Morgan fingerprint density at radius 1 is 2.00 bits per heavy atom. The summed E-state index contributed by atoms with van der Waals surface area (Å²) in [6.07, 6.45) is 2.11. The van der Waals surface area contributed by atoms with Gasteiger partial charge in [-0.25, -0.2) is 0 Å². The standard InChI is InChI=1S/C4H6BrI/c1-4(6)2-3-5/h2H,3H2,1H3/b4-2+. The normalized spacial score (nSPS) is 12.2. The third kappa shape index (κ3) is 4.95. The van der Waals surface area contributed by atoms with E-state index in [-0.39, 0.29) is 0 Å². The predicted octanol–water partition coefficient (Wildman–Crippen LogP) is 2.72.